The molecule has 1 atom stereocenters. The van der Waals surface area contributed by atoms with Crippen LogP contribution in [0.4, 0.5) is 0 Å². The van der Waals surface area contributed by atoms with Crippen molar-refractivity contribution in [2.75, 3.05) is 26.3 Å². The topological polar surface area (TPSA) is 76.7 Å². The highest BCUT2D eigenvalue weighted by Gasteiger charge is 2.22. The summed E-state index contributed by atoms with van der Waals surface area (Å²) in [6.45, 7) is 3.41. The fourth-order valence-corrected chi connectivity index (χ4v) is 2.42. The molecule has 2 N–H and O–H groups in total. The van der Waals surface area contributed by atoms with Crippen LogP contribution in [-0.4, -0.2) is 44.2 Å². The van der Waals surface area contributed by atoms with Crippen molar-refractivity contribution in [1.29, 1.82) is 0 Å². The monoisotopic (exact) mass is 320 g/mol. The molecule has 0 saturated carbocycles. The van der Waals surface area contributed by atoms with E-state index in [9.17, 15) is 9.59 Å². The average molecular weight is 320 g/mol. The van der Waals surface area contributed by atoms with Gasteiger partial charge in [0.15, 0.2) is 6.61 Å². The number of benzene rings is 1. The lowest BCUT2D eigenvalue weighted by Gasteiger charge is -2.12. The van der Waals surface area contributed by atoms with Crippen LogP contribution in [0.15, 0.2) is 24.3 Å². The number of amides is 2. The maximum Gasteiger partial charge on any atom is 0.258 e. The third-order valence-corrected chi connectivity index (χ3v) is 3.68. The molecule has 1 fully saturated rings. The number of hydrogen-bond acceptors (Lipinski definition) is 4. The van der Waals surface area contributed by atoms with Crippen LogP contribution in [0.1, 0.15) is 25.3 Å². The van der Waals surface area contributed by atoms with Crippen LogP contribution in [0, 0.1) is 0 Å². The summed E-state index contributed by atoms with van der Waals surface area (Å²) in [5.74, 6) is 0.420. The van der Waals surface area contributed by atoms with Crippen LogP contribution < -0.4 is 15.4 Å². The van der Waals surface area contributed by atoms with Gasteiger partial charge < -0.3 is 20.1 Å². The van der Waals surface area contributed by atoms with Gasteiger partial charge in [-0.2, -0.15) is 0 Å². The van der Waals surface area contributed by atoms with Gasteiger partial charge in [-0.15, -0.1) is 0 Å². The summed E-state index contributed by atoms with van der Waals surface area (Å²) in [6, 6.07) is 7.66. The highest BCUT2D eigenvalue weighted by atomic mass is 16.5. The van der Waals surface area contributed by atoms with Crippen molar-refractivity contribution in [2.24, 2.45) is 0 Å². The molecule has 1 aromatic rings. The molecule has 1 aliphatic heterocycles. The van der Waals surface area contributed by atoms with E-state index in [-0.39, 0.29) is 24.5 Å². The number of nitrogens with one attached hydrogen (secondary N) is 2. The van der Waals surface area contributed by atoms with Gasteiger partial charge in [0.1, 0.15) is 11.9 Å². The van der Waals surface area contributed by atoms with E-state index < -0.39 is 0 Å². The second-order valence-corrected chi connectivity index (χ2v) is 5.39. The largest absolute Gasteiger partial charge is 0.483 e. The standard InChI is InChI=1S/C17H24N2O4/c1-2-13-6-3-4-7-14(13)23-12-16(20)18-9-10-19-17(21)15-8-5-11-22-15/h3-4,6-7,15H,2,5,8-12H2,1H3,(H,18,20)(H,19,21). The molecule has 0 aromatic heterocycles. The zero-order valence-corrected chi connectivity index (χ0v) is 13.5. The Hall–Kier alpha value is -2.08. The molecule has 0 radical (unpaired) electrons. The summed E-state index contributed by atoms with van der Waals surface area (Å²) in [4.78, 5) is 23.4. The molecule has 126 valence electrons. The highest BCUT2D eigenvalue weighted by molar-refractivity contribution is 5.81. The van der Waals surface area contributed by atoms with Crippen molar-refractivity contribution in [3.63, 3.8) is 0 Å². The van der Waals surface area contributed by atoms with Crippen molar-refractivity contribution in [2.45, 2.75) is 32.3 Å². The molecule has 1 aromatic carbocycles. The smallest absolute Gasteiger partial charge is 0.258 e. The number of aryl methyl sites for hydroxylation is 1. The average Bonchev–Trinajstić information content (AvgIpc) is 3.11. The van der Waals surface area contributed by atoms with E-state index in [4.69, 9.17) is 9.47 Å². The Morgan fingerprint density at radius 1 is 1.26 bits per heavy atom. The van der Waals surface area contributed by atoms with Gasteiger partial charge in [0.05, 0.1) is 0 Å². The number of rotatable bonds is 8. The zero-order chi connectivity index (χ0) is 16.5. The fraction of sp³-hybridized carbons (Fsp3) is 0.529. The second-order valence-electron chi connectivity index (χ2n) is 5.39. The summed E-state index contributed by atoms with van der Waals surface area (Å²) >= 11 is 0. The first-order valence-electron chi connectivity index (χ1n) is 8.07. The molecular weight excluding hydrogens is 296 g/mol. The molecular formula is C17H24N2O4. The molecule has 2 rings (SSSR count). The zero-order valence-electron chi connectivity index (χ0n) is 13.5. The normalized spacial score (nSPS) is 16.8. The maximum absolute atomic E-state index is 11.7. The predicted molar refractivity (Wildman–Crippen MR) is 86.3 cm³/mol. The third kappa shape index (κ3) is 5.56. The highest BCUT2D eigenvalue weighted by Crippen LogP contribution is 2.17. The van der Waals surface area contributed by atoms with E-state index in [1.807, 2.05) is 31.2 Å². The van der Waals surface area contributed by atoms with E-state index in [1.54, 1.807) is 0 Å². The fourth-order valence-electron chi connectivity index (χ4n) is 2.42. The number of carbonyl (C=O) groups is 2. The van der Waals surface area contributed by atoms with E-state index in [2.05, 4.69) is 10.6 Å². The van der Waals surface area contributed by atoms with Gasteiger partial charge in [-0.3, -0.25) is 9.59 Å². The number of hydrogen-bond donors (Lipinski definition) is 2. The second kappa shape index (κ2) is 9.15. The first kappa shape index (κ1) is 17.3. The summed E-state index contributed by atoms with van der Waals surface area (Å²) in [5.41, 5.74) is 1.07. The number of para-hydroxylation sites is 1. The van der Waals surface area contributed by atoms with E-state index >= 15 is 0 Å². The van der Waals surface area contributed by atoms with Crippen molar-refractivity contribution >= 4 is 11.8 Å². The molecule has 0 aliphatic carbocycles. The number of carbonyl (C=O) groups excluding carboxylic acids is 2. The first-order chi connectivity index (χ1) is 11.2. The SMILES string of the molecule is CCc1ccccc1OCC(=O)NCCNC(=O)C1CCCO1. The molecule has 6 nitrogen and oxygen atoms in total. The van der Waals surface area contributed by atoms with Gasteiger partial charge >= 0.3 is 0 Å². The Morgan fingerprint density at radius 2 is 2.04 bits per heavy atom. The van der Waals surface area contributed by atoms with Gasteiger partial charge in [0, 0.05) is 19.7 Å². The summed E-state index contributed by atoms with van der Waals surface area (Å²) < 4.78 is 10.8. The molecule has 1 saturated heterocycles. The lowest BCUT2D eigenvalue weighted by Crippen LogP contribution is -2.40. The van der Waals surface area contributed by atoms with Gasteiger partial charge in [-0.05, 0) is 30.9 Å². The van der Waals surface area contributed by atoms with Crippen molar-refractivity contribution in [1.82, 2.24) is 10.6 Å². The van der Waals surface area contributed by atoms with E-state index in [1.165, 1.54) is 0 Å². The summed E-state index contributed by atoms with van der Waals surface area (Å²) in [6.07, 6.45) is 2.21. The number of ether oxygens (including phenoxy) is 2. The minimum absolute atomic E-state index is 0.0311. The van der Waals surface area contributed by atoms with Crippen LogP contribution in [0.3, 0.4) is 0 Å². The first-order valence-corrected chi connectivity index (χ1v) is 8.07. The van der Waals surface area contributed by atoms with Crippen LogP contribution in [0.2, 0.25) is 0 Å². The molecule has 1 heterocycles. The summed E-state index contributed by atoms with van der Waals surface area (Å²) in [7, 11) is 0. The quantitative estimate of drug-likeness (QED) is 0.702. The summed E-state index contributed by atoms with van der Waals surface area (Å²) in [5, 5.41) is 5.47. The van der Waals surface area contributed by atoms with Gasteiger partial charge in [0.25, 0.3) is 5.91 Å². The van der Waals surface area contributed by atoms with E-state index in [0.717, 1.165) is 30.6 Å². The van der Waals surface area contributed by atoms with Gasteiger partial charge in [0.2, 0.25) is 5.91 Å². The Morgan fingerprint density at radius 3 is 2.78 bits per heavy atom. The van der Waals surface area contributed by atoms with Crippen molar-refractivity contribution in [3.05, 3.63) is 29.8 Å². The Balaban J connectivity index is 1.60. The maximum atomic E-state index is 11.7. The van der Waals surface area contributed by atoms with Gasteiger partial charge in [-0.25, -0.2) is 0 Å². The van der Waals surface area contributed by atoms with Crippen LogP contribution >= 0.6 is 0 Å². The third-order valence-electron chi connectivity index (χ3n) is 3.68. The van der Waals surface area contributed by atoms with Gasteiger partial charge in [-0.1, -0.05) is 25.1 Å². The molecule has 6 heteroatoms. The van der Waals surface area contributed by atoms with Crippen molar-refractivity contribution < 1.29 is 19.1 Å². The van der Waals surface area contributed by atoms with Crippen molar-refractivity contribution in [3.8, 4) is 5.75 Å². The Kier molecular flexibility index (Phi) is 6.87. The van der Waals surface area contributed by atoms with Crippen LogP contribution in [0.25, 0.3) is 0 Å². The molecule has 2 amide bonds. The molecule has 1 aliphatic rings. The predicted octanol–water partition coefficient (Wildman–Crippen LogP) is 1.04. The lowest BCUT2D eigenvalue weighted by atomic mass is 10.1. The Bertz CT molecular complexity index is 527. The van der Waals surface area contributed by atoms with Crippen LogP contribution in [-0.2, 0) is 20.7 Å². The minimum atomic E-state index is -0.334. The Labute approximate surface area is 136 Å². The molecule has 23 heavy (non-hydrogen) atoms. The molecule has 0 spiro atoms. The minimum Gasteiger partial charge on any atom is -0.483 e. The lowest BCUT2D eigenvalue weighted by molar-refractivity contribution is -0.130. The van der Waals surface area contributed by atoms with E-state index in [0.29, 0.717) is 19.7 Å². The molecule has 0 bridgehead atoms. The molecule has 1 unspecified atom stereocenters. The van der Waals surface area contributed by atoms with Crippen LogP contribution in [0.5, 0.6) is 5.75 Å².